The number of thiazole rings is 1. The fourth-order valence-electron chi connectivity index (χ4n) is 3.40. The number of fused-ring (bicyclic) bond motifs is 2. The largest absolute Gasteiger partial charge is 0.381 e. The molecule has 0 saturated heterocycles. The molecule has 0 bridgehead atoms. The molecular weight excluding hydrogens is 348 g/mol. The van der Waals surface area contributed by atoms with Gasteiger partial charge in [0, 0.05) is 17.8 Å². The quantitative estimate of drug-likeness (QED) is 0.381. The Hall–Kier alpha value is -3.17. The second-order valence-electron chi connectivity index (χ2n) is 6.56. The number of anilines is 1. The van der Waals surface area contributed by atoms with Gasteiger partial charge in [0.25, 0.3) is 0 Å². The van der Waals surface area contributed by atoms with Crippen LogP contribution in [0.2, 0.25) is 0 Å². The molecule has 0 aliphatic heterocycles. The number of rotatable bonds is 4. The number of nitrogens with one attached hydrogen (secondary N) is 1. The van der Waals surface area contributed by atoms with Gasteiger partial charge in [-0.05, 0) is 40.6 Å². The third-order valence-corrected chi connectivity index (χ3v) is 5.85. The molecule has 0 spiro atoms. The topological polar surface area (TPSA) is 24.9 Å². The zero-order chi connectivity index (χ0) is 18.1. The predicted octanol–water partition coefficient (Wildman–Crippen LogP) is 6.73. The third-order valence-electron chi connectivity index (χ3n) is 4.77. The molecule has 5 rings (SSSR count). The van der Waals surface area contributed by atoms with E-state index in [1.807, 2.05) is 6.07 Å². The molecule has 0 radical (unpaired) electrons. The molecule has 0 amide bonds. The summed E-state index contributed by atoms with van der Waals surface area (Å²) in [7, 11) is 0. The number of para-hydroxylation sites is 1. The molecule has 1 aromatic heterocycles. The Bertz CT molecular complexity index is 1200. The molecule has 0 aliphatic rings. The molecule has 1 N–H and O–H groups in total. The minimum atomic E-state index is 0.796. The van der Waals surface area contributed by atoms with E-state index >= 15 is 0 Å². The van der Waals surface area contributed by atoms with Crippen LogP contribution in [0.4, 0.5) is 5.69 Å². The van der Waals surface area contributed by atoms with Crippen LogP contribution < -0.4 is 5.32 Å². The lowest BCUT2D eigenvalue weighted by molar-refractivity contribution is 1.17. The van der Waals surface area contributed by atoms with Crippen LogP contribution in [0.1, 0.15) is 5.56 Å². The van der Waals surface area contributed by atoms with Crippen molar-refractivity contribution >= 4 is 38.0 Å². The number of benzene rings is 4. The van der Waals surface area contributed by atoms with E-state index in [4.69, 9.17) is 4.98 Å². The average Bonchev–Trinajstić information content (AvgIpc) is 3.17. The Kier molecular flexibility index (Phi) is 4.07. The van der Waals surface area contributed by atoms with Gasteiger partial charge in [0.15, 0.2) is 0 Å². The van der Waals surface area contributed by atoms with Crippen LogP contribution in [0.15, 0.2) is 91.0 Å². The summed E-state index contributed by atoms with van der Waals surface area (Å²) in [5, 5.41) is 7.21. The van der Waals surface area contributed by atoms with Gasteiger partial charge in [-0.1, -0.05) is 66.7 Å². The Morgan fingerprint density at radius 3 is 2.56 bits per heavy atom. The van der Waals surface area contributed by atoms with Crippen molar-refractivity contribution in [2.45, 2.75) is 6.54 Å². The van der Waals surface area contributed by atoms with Gasteiger partial charge in [-0.3, -0.25) is 0 Å². The highest BCUT2D eigenvalue weighted by Crippen LogP contribution is 2.31. The van der Waals surface area contributed by atoms with Gasteiger partial charge in [0.1, 0.15) is 5.01 Å². The van der Waals surface area contributed by atoms with Crippen molar-refractivity contribution in [3.05, 3.63) is 96.6 Å². The first kappa shape index (κ1) is 16.0. The van der Waals surface area contributed by atoms with Crippen molar-refractivity contribution in [2.24, 2.45) is 0 Å². The van der Waals surface area contributed by atoms with Crippen LogP contribution in [-0.2, 0) is 6.54 Å². The molecule has 130 valence electrons. The first-order valence-electron chi connectivity index (χ1n) is 9.03. The molecule has 0 atom stereocenters. The van der Waals surface area contributed by atoms with Crippen LogP contribution in [0.25, 0.3) is 31.6 Å². The van der Waals surface area contributed by atoms with Crippen molar-refractivity contribution in [1.82, 2.24) is 4.98 Å². The summed E-state index contributed by atoms with van der Waals surface area (Å²) in [6, 6.07) is 31.8. The van der Waals surface area contributed by atoms with Crippen molar-refractivity contribution in [2.75, 3.05) is 5.32 Å². The maximum Gasteiger partial charge on any atom is 0.124 e. The Morgan fingerprint density at radius 2 is 1.59 bits per heavy atom. The third kappa shape index (κ3) is 3.18. The first-order chi connectivity index (χ1) is 13.4. The molecule has 0 fully saturated rings. The second kappa shape index (κ2) is 6.86. The van der Waals surface area contributed by atoms with Crippen molar-refractivity contribution in [1.29, 1.82) is 0 Å². The molecular formula is C24H18N2S. The lowest BCUT2D eigenvalue weighted by Crippen LogP contribution is -2.00. The molecule has 1 heterocycles. The van der Waals surface area contributed by atoms with Gasteiger partial charge in [0.2, 0.25) is 0 Å². The van der Waals surface area contributed by atoms with Crippen LogP contribution >= 0.6 is 11.3 Å². The molecule has 0 unspecified atom stereocenters. The Morgan fingerprint density at radius 1 is 0.778 bits per heavy atom. The molecule has 0 saturated carbocycles. The summed E-state index contributed by atoms with van der Waals surface area (Å²) in [5.41, 5.74) is 4.63. The molecule has 4 aromatic carbocycles. The highest BCUT2D eigenvalue weighted by Gasteiger charge is 2.07. The normalized spacial score (nSPS) is 11.1. The molecule has 3 heteroatoms. The van der Waals surface area contributed by atoms with Crippen LogP contribution in [0.5, 0.6) is 0 Å². The van der Waals surface area contributed by atoms with Crippen LogP contribution in [-0.4, -0.2) is 4.98 Å². The molecule has 2 nitrogen and oxygen atoms in total. The summed E-state index contributed by atoms with van der Waals surface area (Å²) in [6.07, 6.45) is 0. The first-order valence-corrected chi connectivity index (χ1v) is 9.85. The molecule has 0 aliphatic carbocycles. The van der Waals surface area contributed by atoms with E-state index in [1.165, 1.54) is 21.0 Å². The zero-order valence-electron chi connectivity index (χ0n) is 14.7. The van der Waals surface area contributed by atoms with Gasteiger partial charge >= 0.3 is 0 Å². The van der Waals surface area contributed by atoms with Gasteiger partial charge in [0.05, 0.1) is 10.2 Å². The summed E-state index contributed by atoms with van der Waals surface area (Å²) in [4.78, 5) is 4.77. The van der Waals surface area contributed by atoms with Crippen molar-refractivity contribution < 1.29 is 0 Å². The van der Waals surface area contributed by atoms with E-state index in [1.54, 1.807) is 11.3 Å². The van der Waals surface area contributed by atoms with E-state index < -0.39 is 0 Å². The number of hydrogen-bond donors (Lipinski definition) is 1. The number of aromatic nitrogens is 1. The Balaban J connectivity index is 1.42. The fourth-order valence-corrected chi connectivity index (χ4v) is 4.36. The minimum absolute atomic E-state index is 0.796. The summed E-state index contributed by atoms with van der Waals surface area (Å²) < 4.78 is 1.22. The van der Waals surface area contributed by atoms with Gasteiger partial charge in [-0.25, -0.2) is 4.98 Å². The van der Waals surface area contributed by atoms with Gasteiger partial charge in [-0.15, -0.1) is 11.3 Å². The second-order valence-corrected chi connectivity index (χ2v) is 7.59. The lowest BCUT2D eigenvalue weighted by Gasteiger charge is -2.10. The summed E-state index contributed by atoms with van der Waals surface area (Å²) in [5.74, 6) is 0. The van der Waals surface area contributed by atoms with Crippen molar-refractivity contribution in [3.8, 4) is 10.6 Å². The van der Waals surface area contributed by atoms with Crippen LogP contribution in [0, 0.1) is 0 Å². The van der Waals surface area contributed by atoms with Crippen LogP contribution in [0.3, 0.4) is 0 Å². The smallest absolute Gasteiger partial charge is 0.124 e. The van der Waals surface area contributed by atoms with Gasteiger partial charge in [-0.2, -0.15) is 0 Å². The zero-order valence-corrected chi connectivity index (χ0v) is 15.5. The number of hydrogen-bond acceptors (Lipinski definition) is 3. The highest BCUT2D eigenvalue weighted by atomic mass is 32.1. The summed E-state index contributed by atoms with van der Waals surface area (Å²) >= 11 is 1.74. The monoisotopic (exact) mass is 366 g/mol. The SMILES string of the molecule is c1cc(NCc2cccc3ccccc23)cc(-c2nc3ccccc3s2)c1. The number of nitrogens with zero attached hydrogens (tertiary/aromatic N) is 1. The summed E-state index contributed by atoms with van der Waals surface area (Å²) in [6.45, 7) is 0.796. The maximum absolute atomic E-state index is 4.77. The maximum atomic E-state index is 4.77. The molecule has 27 heavy (non-hydrogen) atoms. The lowest BCUT2D eigenvalue weighted by atomic mass is 10.0. The van der Waals surface area contributed by atoms with Gasteiger partial charge < -0.3 is 5.32 Å². The fraction of sp³-hybridized carbons (Fsp3) is 0.0417. The average molecular weight is 366 g/mol. The van der Waals surface area contributed by atoms with E-state index in [-0.39, 0.29) is 0 Å². The van der Waals surface area contributed by atoms with E-state index in [0.717, 1.165) is 28.3 Å². The van der Waals surface area contributed by atoms with Crippen molar-refractivity contribution in [3.63, 3.8) is 0 Å². The Labute approximate surface area is 162 Å². The van der Waals surface area contributed by atoms with E-state index in [2.05, 4.69) is 90.2 Å². The predicted molar refractivity (Wildman–Crippen MR) is 116 cm³/mol. The standard InChI is InChI=1S/C24H18N2S/c1-2-12-21-17(7-1)8-5-10-19(21)16-25-20-11-6-9-18(15-20)24-26-22-13-3-4-14-23(22)27-24/h1-15,25H,16H2. The molecule has 5 aromatic rings. The van der Waals surface area contributed by atoms with E-state index in [0.29, 0.717) is 0 Å². The highest BCUT2D eigenvalue weighted by molar-refractivity contribution is 7.21. The minimum Gasteiger partial charge on any atom is -0.381 e. The van der Waals surface area contributed by atoms with E-state index in [9.17, 15) is 0 Å².